The summed E-state index contributed by atoms with van der Waals surface area (Å²) >= 11 is 1.35. The number of aryl methyl sites for hydroxylation is 1. The Morgan fingerprint density at radius 2 is 1.79 bits per heavy atom. The summed E-state index contributed by atoms with van der Waals surface area (Å²) in [6.07, 6.45) is 9.76. The number of thiophene rings is 1. The van der Waals surface area contributed by atoms with E-state index in [1.807, 2.05) is 31.2 Å². The fourth-order valence-electron chi connectivity index (χ4n) is 7.66. The van der Waals surface area contributed by atoms with Gasteiger partial charge in [-0.2, -0.15) is 4.31 Å². The molecule has 2 heterocycles. The third-order valence-corrected chi connectivity index (χ3v) is 12.3. The molecule has 1 N–H and O–H groups in total. The molecule has 5 fully saturated rings. The number of nitrogens with one attached hydrogen (secondary N) is 1. The van der Waals surface area contributed by atoms with Gasteiger partial charge in [0.1, 0.15) is 4.21 Å². The van der Waals surface area contributed by atoms with Crippen molar-refractivity contribution < 1.29 is 13.2 Å². The summed E-state index contributed by atoms with van der Waals surface area (Å²) in [5.74, 6) is 2.38. The summed E-state index contributed by atoms with van der Waals surface area (Å²) in [7, 11) is -3.58. The molecule has 1 saturated heterocycles. The topological polar surface area (TPSA) is 66.5 Å². The lowest BCUT2D eigenvalue weighted by Crippen LogP contribution is -2.56. The summed E-state index contributed by atoms with van der Waals surface area (Å²) in [5, 5.41) is 4.24. The lowest BCUT2D eigenvalue weighted by Gasteiger charge is -2.55. The van der Waals surface area contributed by atoms with E-state index in [0.29, 0.717) is 17.3 Å². The quantitative estimate of drug-likeness (QED) is 0.640. The standard InChI is InChI=1S/C26H34N2O3S2/c1-17-5-6-23-21(8-17)12-24(32-23)33(30,31)28-7-3-2-4-22(28)16-27-25(29)26-13-18-9-19(14-26)11-20(10-18)15-26/h5-6,8,12,18-20,22H,2-4,7,9-11,13-16H2,1H3,(H,27,29). The van der Waals surface area contributed by atoms with E-state index < -0.39 is 10.0 Å². The first-order valence-electron chi connectivity index (χ1n) is 12.6. The van der Waals surface area contributed by atoms with E-state index in [1.54, 1.807) is 4.31 Å². The summed E-state index contributed by atoms with van der Waals surface area (Å²) < 4.78 is 30.4. The number of nitrogens with zero attached hydrogens (tertiary/aromatic N) is 1. The SMILES string of the molecule is Cc1ccc2sc(S(=O)(=O)N3CCCCC3CNC(=O)C34CC5CC(CC(C5)C3)C4)cc2c1. The molecule has 178 valence electrons. The second-order valence-corrected chi connectivity index (χ2v) is 14.5. The fourth-order valence-corrected chi connectivity index (χ4v) is 10.9. The molecule has 2 aromatic rings. The highest BCUT2D eigenvalue weighted by Crippen LogP contribution is 2.60. The molecule has 1 aliphatic heterocycles. The van der Waals surface area contributed by atoms with Crippen molar-refractivity contribution in [1.82, 2.24) is 9.62 Å². The van der Waals surface area contributed by atoms with Gasteiger partial charge in [0.05, 0.1) is 0 Å². The largest absolute Gasteiger partial charge is 0.354 e. The van der Waals surface area contributed by atoms with Crippen molar-refractivity contribution in [2.24, 2.45) is 23.2 Å². The Hall–Kier alpha value is -1.44. The van der Waals surface area contributed by atoms with E-state index in [0.717, 1.165) is 71.9 Å². The number of carbonyl (C=O) groups excluding carboxylic acids is 1. The zero-order valence-corrected chi connectivity index (χ0v) is 21.0. The van der Waals surface area contributed by atoms with E-state index in [9.17, 15) is 13.2 Å². The lowest BCUT2D eigenvalue weighted by molar-refractivity contribution is -0.146. The second kappa shape index (κ2) is 8.06. The number of hydrogen-bond donors (Lipinski definition) is 1. The minimum Gasteiger partial charge on any atom is -0.354 e. The molecule has 7 heteroatoms. The normalized spacial score (nSPS) is 34.1. The summed E-state index contributed by atoms with van der Waals surface area (Å²) in [6.45, 7) is 3.00. The molecule has 7 rings (SSSR count). The molecule has 33 heavy (non-hydrogen) atoms. The van der Waals surface area contributed by atoms with Crippen LogP contribution in [0.25, 0.3) is 10.1 Å². The highest BCUT2D eigenvalue weighted by molar-refractivity contribution is 7.91. The zero-order valence-electron chi connectivity index (χ0n) is 19.4. The summed E-state index contributed by atoms with van der Waals surface area (Å²) in [6, 6.07) is 7.74. The van der Waals surface area contributed by atoms with Gasteiger partial charge in [-0.15, -0.1) is 11.3 Å². The van der Waals surface area contributed by atoms with Crippen LogP contribution < -0.4 is 5.32 Å². The minimum absolute atomic E-state index is 0.159. The number of carbonyl (C=O) groups is 1. The Labute approximate surface area is 201 Å². The van der Waals surface area contributed by atoms with Gasteiger partial charge in [0.25, 0.3) is 10.0 Å². The lowest BCUT2D eigenvalue weighted by atomic mass is 9.49. The number of benzene rings is 1. The molecule has 5 nitrogen and oxygen atoms in total. The van der Waals surface area contributed by atoms with E-state index in [2.05, 4.69) is 5.32 Å². The number of fused-ring (bicyclic) bond motifs is 1. The van der Waals surface area contributed by atoms with Crippen LogP contribution in [0.4, 0.5) is 0 Å². The third kappa shape index (κ3) is 3.84. The van der Waals surface area contributed by atoms with Crippen LogP contribution in [0.1, 0.15) is 63.4 Å². The van der Waals surface area contributed by atoms with Crippen molar-refractivity contribution in [2.45, 2.75) is 75.0 Å². The molecule has 1 atom stereocenters. The predicted octanol–water partition coefficient (Wildman–Crippen LogP) is 5.09. The van der Waals surface area contributed by atoms with Crippen LogP contribution in [-0.4, -0.2) is 37.8 Å². The molecule has 5 aliphatic rings. The van der Waals surface area contributed by atoms with Crippen LogP contribution in [0, 0.1) is 30.1 Å². The summed E-state index contributed by atoms with van der Waals surface area (Å²) in [5.41, 5.74) is 0.948. The van der Waals surface area contributed by atoms with Crippen LogP contribution in [0.15, 0.2) is 28.5 Å². The highest BCUT2D eigenvalue weighted by Gasteiger charge is 2.54. The van der Waals surface area contributed by atoms with Gasteiger partial charge in [-0.1, -0.05) is 24.1 Å². The fraction of sp³-hybridized carbons (Fsp3) is 0.654. The van der Waals surface area contributed by atoms with Crippen LogP contribution in [0.3, 0.4) is 0 Å². The van der Waals surface area contributed by atoms with Gasteiger partial charge in [-0.3, -0.25) is 4.79 Å². The van der Waals surface area contributed by atoms with Gasteiger partial charge < -0.3 is 5.32 Å². The maximum Gasteiger partial charge on any atom is 0.252 e. The number of sulfonamides is 1. The van der Waals surface area contributed by atoms with Crippen molar-refractivity contribution >= 4 is 37.4 Å². The second-order valence-electron chi connectivity index (χ2n) is 11.3. The molecule has 1 aromatic heterocycles. The minimum atomic E-state index is -3.58. The third-order valence-electron chi connectivity index (χ3n) is 8.80. The van der Waals surface area contributed by atoms with Crippen LogP contribution in [0.2, 0.25) is 0 Å². The highest BCUT2D eigenvalue weighted by atomic mass is 32.2. The smallest absolute Gasteiger partial charge is 0.252 e. The Morgan fingerprint density at radius 1 is 1.09 bits per heavy atom. The average Bonchev–Trinajstić information content (AvgIpc) is 3.21. The maximum atomic E-state index is 13.6. The van der Waals surface area contributed by atoms with Crippen molar-refractivity contribution in [1.29, 1.82) is 0 Å². The first-order valence-corrected chi connectivity index (χ1v) is 14.9. The summed E-state index contributed by atoms with van der Waals surface area (Å²) in [4.78, 5) is 13.4. The van der Waals surface area contributed by atoms with Crippen LogP contribution in [-0.2, 0) is 14.8 Å². The number of amides is 1. The predicted molar refractivity (Wildman–Crippen MR) is 132 cm³/mol. The van der Waals surface area contributed by atoms with Gasteiger partial charge in [-0.05, 0) is 93.6 Å². The monoisotopic (exact) mass is 486 g/mol. The molecule has 0 spiro atoms. The van der Waals surface area contributed by atoms with Gasteiger partial charge in [0.15, 0.2) is 0 Å². The molecular formula is C26H34N2O3S2. The average molecular weight is 487 g/mol. The molecular weight excluding hydrogens is 452 g/mol. The van der Waals surface area contributed by atoms with E-state index in [-0.39, 0.29) is 17.4 Å². The first-order chi connectivity index (χ1) is 15.8. The molecule has 1 unspecified atom stereocenters. The van der Waals surface area contributed by atoms with E-state index >= 15 is 0 Å². The molecule has 4 saturated carbocycles. The van der Waals surface area contributed by atoms with Crippen molar-refractivity contribution in [3.63, 3.8) is 0 Å². The van der Waals surface area contributed by atoms with Gasteiger partial charge in [0.2, 0.25) is 5.91 Å². The van der Waals surface area contributed by atoms with Gasteiger partial charge in [0, 0.05) is 29.2 Å². The Balaban J connectivity index is 1.19. The van der Waals surface area contributed by atoms with Gasteiger partial charge in [-0.25, -0.2) is 8.42 Å². The molecule has 4 bridgehead atoms. The van der Waals surface area contributed by atoms with Crippen LogP contribution in [0.5, 0.6) is 0 Å². The zero-order chi connectivity index (χ0) is 22.8. The number of rotatable bonds is 5. The van der Waals surface area contributed by atoms with E-state index in [1.165, 1.54) is 30.6 Å². The van der Waals surface area contributed by atoms with Crippen LogP contribution >= 0.6 is 11.3 Å². The van der Waals surface area contributed by atoms with Crippen molar-refractivity contribution in [2.75, 3.05) is 13.1 Å². The molecule has 1 aromatic carbocycles. The van der Waals surface area contributed by atoms with Crippen molar-refractivity contribution in [3.8, 4) is 0 Å². The Kier molecular flexibility index (Phi) is 5.39. The Morgan fingerprint density at radius 3 is 2.48 bits per heavy atom. The van der Waals surface area contributed by atoms with E-state index in [4.69, 9.17) is 0 Å². The van der Waals surface area contributed by atoms with Crippen molar-refractivity contribution in [3.05, 3.63) is 29.8 Å². The number of piperidine rings is 1. The molecule has 0 radical (unpaired) electrons. The first kappa shape index (κ1) is 22.1. The Bertz CT molecular complexity index is 1150. The maximum absolute atomic E-state index is 13.6. The molecule has 4 aliphatic carbocycles. The van der Waals surface area contributed by atoms with Gasteiger partial charge >= 0.3 is 0 Å². The number of hydrogen-bond acceptors (Lipinski definition) is 4. The molecule has 1 amide bonds.